The zero-order valence-corrected chi connectivity index (χ0v) is 16.3. The Morgan fingerprint density at radius 1 is 1.29 bits per heavy atom. The van der Waals surface area contributed by atoms with Crippen LogP contribution in [0.2, 0.25) is 0 Å². The number of aliphatic hydroxyl groups excluding tert-OH is 1. The van der Waals surface area contributed by atoms with Gasteiger partial charge in [-0.1, -0.05) is 24.3 Å². The smallest absolute Gasteiger partial charge is 0.161 e. The number of ether oxygens (including phenoxy) is 3. The normalized spacial score (nSPS) is 36.1. The number of unbranched alkanes of at least 4 members (excludes halogenated alkanes) is 1. The molecule has 0 amide bonds. The molecular formula is C23H30O5. The predicted molar refractivity (Wildman–Crippen MR) is 106 cm³/mol. The fraction of sp³-hybridized carbons (Fsp3) is 0.609. The van der Waals surface area contributed by atoms with Crippen LogP contribution < -0.4 is 0 Å². The largest absolute Gasteiger partial charge is 0.516 e. The molecule has 5 atom stereocenters. The van der Waals surface area contributed by atoms with Gasteiger partial charge in [-0.15, -0.1) is 0 Å². The van der Waals surface area contributed by atoms with E-state index in [9.17, 15) is 4.79 Å². The predicted octanol–water partition coefficient (Wildman–Crippen LogP) is 4.17. The highest BCUT2D eigenvalue weighted by Crippen LogP contribution is 2.49. The third-order valence-corrected chi connectivity index (χ3v) is 6.23. The van der Waals surface area contributed by atoms with Gasteiger partial charge in [0.15, 0.2) is 12.1 Å². The molecule has 3 unspecified atom stereocenters. The summed E-state index contributed by atoms with van der Waals surface area (Å²) in [6.07, 6.45) is 17.6. The zero-order valence-electron chi connectivity index (χ0n) is 16.3. The van der Waals surface area contributed by atoms with E-state index in [0.717, 1.165) is 57.2 Å². The molecule has 0 aromatic rings. The van der Waals surface area contributed by atoms with E-state index in [1.54, 1.807) is 6.08 Å². The van der Waals surface area contributed by atoms with Gasteiger partial charge in [-0.05, 0) is 50.2 Å². The third-order valence-electron chi connectivity index (χ3n) is 6.23. The van der Waals surface area contributed by atoms with E-state index in [4.69, 9.17) is 19.3 Å². The molecule has 2 heterocycles. The minimum atomic E-state index is -0.0428. The van der Waals surface area contributed by atoms with Crippen LogP contribution in [0.4, 0.5) is 0 Å². The van der Waals surface area contributed by atoms with Crippen LogP contribution in [-0.4, -0.2) is 42.6 Å². The first kappa shape index (κ1) is 19.6. The Kier molecular flexibility index (Phi) is 6.45. The fourth-order valence-corrected chi connectivity index (χ4v) is 4.89. The summed E-state index contributed by atoms with van der Waals surface area (Å²) in [5, 5.41) is 8.94. The van der Waals surface area contributed by atoms with Crippen LogP contribution in [0.25, 0.3) is 0 Å². The number of Topliss-reactive ketones (excluding diaryl/α,β-unsaturated/α-hetero) is 1. The number of rotatable bonds is 7. The van der Waals surface area contributed by atoms with Gasteiger partial charge in [0, 0.05) is 37.0 Å². The van der Waals surface area contributed by atoms with E-state index in [1.807, 2.05) is 0 Å². The van der Waals surface area contributed by atoms with Crippen LogP contribution in [0.5, 0.6) is 0 Å². The number of allylic oxidation sites excluding steroid dienone is 4. The first-order chi connectivity index (χ1) is 13.8. The van der Waals surface area contributed by atoms with E-state index in [1.165, 1.54) is 18.1 Å². The first-order valence-corrected chi connectivity index (χ1v) is 10.6. The van der Waals surface area contributed by atoms with Crippen molar-refractivity contribution in [2.75, 3.05) is 13.2 Å². The topological polar surface area (TPSA) is 65.0 Å². The molecule has 28 heavy (non-hydrogen) atoms. The van der Waals surface area contributed by atoms with Gasteiger partial charge in [0.25, 0.3) is 0 Å². The summed E-state index contributed by atoms with van der Waals surface area (Å²) in [6, 6.07) is 0. The fourth-order valence-electron chi connectivity index (χ4n) is 4.89. The molecule has 4 aliphatic rings. The quantitative estimate of drug-likeness (QED) is 0.404. The van der Waals surface area contributed by atoms with Crippen molar-refractivity contribution in [2.45, 2.75) is 63.4 Å². The molecule has 2 aliphatic carbocycles. The van der Waals surface area contributed by atoms with Crippen LogP contribution in [0, 0.1) is 11.8 Å². The molecule has 1 saturated carbocycles. The Hall–Kier alpha value is -1.69. The number of hydrogen-bond donors (Lipinski definition) is 1. The second kappa shape index (κ2) is 9.21. The molecule has 1 N–H and O–H groups in total. The summed E-state index contributed by atoms with van der Waals surface area (Å²) in [4.78, 5) is 12.3. The van der Waals surface area contributed by atoms with Crippen molar-refractivity contribution >= 4 is 5.78 Å². The molecule has 0 radical (unpaired) electrons. The summed E-state index contributed by atoms with van der Waals surface area (Å²) >= 11 is 0. The Labute approximate surface area is 166 Å². The molecule has 0 aromatic heterocycles. The first-order valence-electron chi connectivity index (χ1n) is 10.6. The number of carbonyl (C=O) groups is 1. The highest BCUT2D eigenvalue weighted by molar-refractivity contribution is 5.99. The Morgan fingerprint density at radius 2 is 2.21 bits per heavy atom. The highest BCUT2D eigenvalue weighted by atomic mass is 16.7. The molecule has 0 spiro atoms. The third kappa shape index (κ3) is 4.17. The molecule has 3 fully saturated rings. The van der Waals surface area contributed by atoms with Crippen LogP contribution in [0.3, 0.4) is 0 Å². The standard InChI is InChI=1S/C23H30O5/c24-12-6-10-17-19(25)15-20-22(17)18-9-5-8-16(23(18)28-20)7-1-3-13-26-21-11-2-4-14-27-21/h5-6,8-10,12,18,20-24H,1-4,7,11,13-15H2/t18?,20-,21?,22-,23?/m1/s1. The van der Waals surface area contributed by atoms with E-state index in [-0.39, 0.29) is 36.1 Å². The Morgan fingerprint density at radius 3 is 3.04 bits per heavy atom. The SMILES string of the molecule is O=C1C[C@H]2OC3C(CCCCOC4CCCCO4)=CC=CC3[C@H]2C1=CC=CO. The average Bonchev–Trinajstić information content (AvgIpc) is 3.22. The highest BCUT2D eigenvalue weighted by Gasteiger charge is 2.52. The minimum Gasteiger partial charge on any atom is -0.516 e. The van der Waals surface area contributed by atoms with Crippen molar-refractivity contribution in [3.63, 3.8) is 0 Å². The van der Waals surface area contributed by atoms with Gasteiger partial charge < -0.3 is 19.3 Å². The minimum absolute atomic E-state index is 0.0109. The van der Waals surface area contributed by atoms with Crippen molar-refractivity contribution in [3.8, 4) is 0 Å². The molecule has 5 heteroatoms. The van der Waals surface area contributed by atoms with Gasteiger partial charge >= 0.3 is 0 Å². The number of hydrogen-bond acceptors (Lipinski definition) is 5. The number of carbonyl (C=O) groups excluding carboxylic acids is 1. The molecule has 2 aliphatic heterocycles. The monoisotopic (exact) mass is 386 g/mol. The van der Waals surface area contributed by atoms with Gasteiger partial charge in [0.05, 0.1) is 18.5 Å². The van der Waals surface area contributed by atoms with Crippen molar-refractivity contribution in [1.29, 1.82) is 0 Å². The lowest BCUT2D eigenvalue weighted by molar-refractivity contribution is -0.162. The number of aliphatic hydroxyl groups is 1. The van der Waals surface area contributed by atoms with E-state index in [2.05, 4.69) is 18.2 Å². The summed E-state index contributed by atoms with van der Waals surface area (Å²) in [5.41, 5.74) is 2.11. The molecule has 4 rings (SSSR count). The van der Waals surface area contributed by atoms with Gasteiger partial charge in [-0.3, -0.25) is 4.79 Å². The molecule has 5 nitrogen and oxygen atoms in total. The Balaban J connectivity index is 1.28. The number of fused-ring (bicyclic) bond motifs is 3. The lowest BCUT2D eigenvalue weighted by atomic mass is 9.79. The molecule has 0 bridgehead atoms. The van der Waals surface area contributed by atoms with Crippen LogP contribution in [0.15, 0.2) is 47.8 Å². The maximum absolute atomic E-state index is 12.3. The average molecular weight is 386 g/mol. The number of ketones is 1. The van der Waals surface area contributed by atoms with E-state index < -0.39 is 0 Å². The van der Waals surface area contributed by atoms with E-state index >= 15 is 0 Å². The lowest BCUT2D eigenvalue weighted by Gasteiger charge is -2.25. The summed E-state index contributed by atoms with van der Waals surface area (Å²) < 4.78 is 17.7. The van der Waals surface area contributed by atoms with Crippen molar-refractivity contribution in [3.05, 3.63) is 47.8 Å². The van der Waals surface area contributed by atoms with Crippen LogP contribution in [0.1, 0.15) is 44.9 Å². The van der Waals surface area contributed by atoms with Gasteiger partial charge in [-0.25, -0.2) is 0 Å². The van der Waals surface area contributed by atoms with Crippen LogP contribution >= 0.6 is 0 Å². The zero-order chi connectivity index (χ0) is 19.3. The van der Waals surface area contributed by atoms with Crippen molar-refractivity contribution < 1.29 is 24.1 Å². The molecular weight excluding hydrogens is 356 g/mol. The van der Waals surface area contributed by atoms with Gasteiger partial charge in [0.1, 0.15) is 0 Å². The second-order valence-corrected chi connectivity index (χ2v) is 8.04. The maximum atomic E-state index is 12.3. The summed E-state index contributed by atoms with van der Waals surface area (Å²) in [7, 11) is 0. The Bertz CT molecular complexity index is 683. The molecule has 2 saturated heterocycles. The van der Waals surface area contributed by atoms with Crippen LogP contribution in [-0.2, 0) is 19.0 Å². The summed E-state index contributed by atoms with van der Waals surface area (Å²) in [5.74, 6) is 0.445. The van der Waals surface area contributed by atoms with Crippen molar-refractivity contribution in [2.24, 2.45) is 11.8 Å². The molecule has 0 aromatic carbocycles. The second-order valence-electron chi connectivity index (χ2n) is 8.04. The van der Waals surface area contributed by atoms with Gasteiger partial charge in [0.2, 0.25) is 0 Å². The van der Waals surface area contributed by atoms with E-state index in [0.29, 0.717) is 6.42 Å². The lowest BCUT2D eigenvalue weighted by Crippen LogP contribution is -2.25. The maximum Gasteiger partial charge on any atom is 0.161 e. The summed E-state index contributed by atoms with van der Waals surface area (Å²) in [6.45, 7) is 1.56. The van der Waals surface area contributed by atoms with Crippen molar-refractivity contribution in [1.82, 2.24) is 0 Å². The molecule has 152 valence electrons. The van der Waals surface area contributed by atoms with Gasteiger partial charge in [-0.2, -0.15) is 0 Å².